The molecule has 5 nitrogen and oxygen atoms in total. The van der Waals surface area contributed by atoms with Gasteiger partial charge >= 0.3 is 6.09 Å². The second-order valence-electron chi connectivity index (χ2n) is 4.43. The van der Waals surface area contributed by atoms with E-state index in [-0.39, 0.29) is 19.1 Å². The van der Waals surface area contributed by atoms with E-state index in [9.17, 15) is 9.59 Å². The number of ether oxygens (including phenoxy) is 1. The molecule has 0 atom stereocenters. The number of hydrogen-bond donors (Lipinski definition) is 2. The van der Waals surface area contributed by atoms with E-state index in [4.69, 9.17) is 4.74 Å². The molecule has 5 heteroatoms. The zero-order chi connectivity index (χ0) is 15.8. The standard InChI is InChI=1S/C17H16N2O3/c1-18-16(20)12-19-17(21)22-11-5-9-14-8-4-7-13-6-2-3-10-15(13)14/h2-4,6-8,10H,11-12H2,1H3,(H,18,20)(H,19,21). The SMILES string of the molecule is CNC(=O)CNC(=O)OCC#Cc1cccc2ccccc12. The highest BCUT2D eigenvalue weighted by atomic mass is 16.5. The maximum atomic E-state index is 11.3. The number of benzene rings is 2. The second kappa shape index (κ2) is 7.70. The molecule has 2 amide bonds. The number of carbonyl (C=O) groups is 2. The van der Waals surface area contributed by atoms with E-state index in [0.717, 1.165) is 16.3 Å². The molecular weight excluding hydrogens is 280 g/mol. The molecule has 2 aromatic rings. The third kappa shape index (κ3) is 4.25. The first-order chi connectivity index (χ1) is 10.7. The minimum atomic E-state index is -0.671. The molecule has 0 saturated heterocycles. The van der Waals surface area contributed by atoms with E-state index >= 15 is 0 Å². The Morgan fingerprint density at radius 1 is 1.14 bits per heavy atom. The Hall–Kier alpha value is -3.00. The Morgan fingerprint density at radius 3 is 2.73 bits per heavy atom. The maximum Gasteiger partial charge on any atom is 0.408 e. The summed E-state index contributed by atoms with van der Waals surface area (Å²) in [6.07, 6.45) is -0.671. The number of likely N-dealkylation sites (N-methyl/N-ethyl adjacent to an activating group) is 1. The van der Waals surface area contributed by atoms with Gasteiger partial charge in [-0.25, -0.2) is 4.79 Å². The average Bonchev–Trinajstić information content (AvgIpc) is 2.56. The summed E-state index contributed by atoms with van der Waals surface area (Å²) in [4.78, 5) is 22.3. The van der Waals surface area contributed by atoms with Gasteiger partial charge in [-0.2, -0.15) is 0 Å². The quantitative estimate of drug-likeness (QED) is 0.847. The molecule has 0 fully saturated rings. The lowest BCUT2D eigenvalue weighted by Gasteiger charge is -2.03. The van der Waals surface area contributed by atoms with Crippen molar-refractivity contribution in [1.82, 2.24) is 10.6 Å². The van der Waals surface area contributed by atoms with Crippen molar-refractivity contribution in [3.05, 3.63) is 48.0 Å². The normalized spacial score (nSPS) is 9.50. The molecule has 0 unspecified atom stereocenters. The number of amides is 2. The summed E-state index contributed by atoms with van der Waals surface area (Å²) in [6.45, 7) is -0.158. The lowest BCUT2D eigenvalue weighted by atomic mass is 10.1. The predicted molar refractivity (Wildman–Crippen MR) is 84.2 cm³/mol. The van der Waals surface area contributed by atoms with E-state index in [2.05, 4.69) is 22.5 Å². The third-order valence-corrected chi connectivity index (χ3v) is 2.96. The summed E-state index contributed by atoms with van der Waals surface area (Å²) in [5, 5.41) is 6.88. The molecule has 0 saturated carbocycles. The van der Waals surface area contributed by atoms with Gasteiger partial charge in [-0.1, -0.05) is 48.2 Å². The van der Waals surface area contributed by atoms with Crippen molar-refractivity contribution in [3.63, 3.8) is 0 Å². The zero-order valence-corrected chi connectivity index (χ0v) is 12.2. The highest BCUT2D eigenvalue weighted by Gasteiger charge is 2.03. The van der Waals surface area contributed by atoms with E-state index in [1.807, 2.05) is 42.5 Å². The summed E-state index contributed by atoms with van der Waals surface area (Å²) in [5.41, 5.74) is 0.882. The lowest BCUT2D eigenvalue weighted by Crippen LogP contribution is -2.35. The Bertz CT molecular complexity index is 739. The number of hydrogen-bond acceptors (Lipinski definition) is 3. The van der Waals surface area contributed by atoms with Gasteiger partial charge in [-0.05, 0) is 16.8 Å². The van der Waals surface area contributed by atoms with E-state index in [0.29, 0.717) is 0 Å². The van der Waals surface area contributed by atoms with Crippen molar-refractivity contribution in [2.75, 3.05) is 20.2 Å². The molecule has 0 spiro atoms. The van der Waals surface area contributed by atoms with Crippen molar-refractivity contribution >= 4 is 22.8 Å². The van der Waals surface area contributed by atoms with Crippen LogP contribution in [0.5, 0.6) is 0 Å². The summed E-state index contributed by atoms with van der Waals surface area (Å²) < 4.78 is 4.87. The Morgan fingerprint density at radius 2 is 1.91 bits per heavy atom. The number of alkyl carbamates (subject to hydrolysis) is 1. The fourth-order valence-corrected chi connectivity index (χ4v) is 1.86. The molecular formula is C17H16N2O3. The van der Waals surface area contributed by atoms with Crippen LogP contribution in [0.4, 0.5) is 4.79 Å². The summed E-state index contributed by atoms with van der Waals surface area (Å²) in [7, 11) is 1.49. The lowest BCUT2D eigenvalue weighted by molar-refractivity contribution is -0.119. The fraction of sp³-hybridized carbons (Fsp3) is 0.176. The molecule has 22 heavy (non-hydrogen) atoms. The van der Waals surface area contributed by atoms with Gasteiger partial charge in [0, 0.05) is 12.6 Å². The molecule has 0 heterocycles. The van der Waals surface area contributed by atoms with Gasteiger partial charge in [0.15, 0.2) is 6.61 Å². The van der Waals surface area contributed by atoms with E-state index < -0.39 is 6.09 Å². The number of nitrogens with one attached hydrogen (secondary N) is 2. The molecule has 2 N–H and O–H groups in total. The van der Waals surface area contributed by atoms with Gasteiger partial charge in [0.25, 0.3) is 0 Å². The average molecular weight is 296 g/mol. The minimum Gasteiger partial charge on any atom is -0.436 e. The molecule has 0 aliphatic carbocycles. The molecule has 0 radical (unpaired) electrons. The topological polar surface area (TPSA) is 67.4 Å². The van der Waals surface area contributed by atoms with Crippen molar-refractivity contribution < 1.29 is 14.3 Å². The minimum absolute atomic E-state index is 0.0389. The van der Waals surface area contributed by atoms with Gasteiger partial charge in [-0.15, -0.1) is 0 Å². The highest BCUT2D eigenvalue weighted by molar-refractivity contribution is 5.88. The number of fused-ring (bicyclic) bond motifs is 1. The van der Waals surface area contributed by atoms with Gasteiger partial charge in [0.2, 0.25) is 5.91 Å². The van der Waals surface area contributed by atoms with Crippen LogP contribution >= 0.6 is 0 Å². The van der Waals surface area contributed by atoms with Crippen molar-refractivity contribution in [2.45, 2.75) is 0 Å². The van der Waals surface area contributed by atoms with Crippen LogP contribution in [0.1, 0.15) is 5.56 Å². The van der Waals surface area contributed by atoms with Crippen LogP contribution in [0.3, 0.4) is 0 Å². The predicted octanol–water partition coefficient (Wildman–Crippen LogP) is 1.66. The summed E-state index contributed by atoms with van der Waals surface area (Å²) >= 11 is 0. The second-order valence-corrected chi connectivity index (χ2v) is 4.43. The molecule has 0 aliphatic rings. The summed E-state index contributed by atoms with van der Waals surface area (Å²) in [5.74, 6) is 5.48. The van der Waals surface area contributed by atoms with Gasteiger partial charge in [0.05, 0.1) is 6.54 Å². The van der Waals surface area contributed by atoms with Crippen LogP contribution in [-0.2, 0) is 9.53 Å². The van der Waals surface area contributed by atoms with Crippen LogP contribution in [-0.4, -0.2) is 32.2 Å². The van der Waals surface area contributed by atoms with Crippen LogP contribution in [0.15, 0.2) is 42.5 Å². The van der Waals surface area contributed by atoms with Crippen LogP contribution in [0, 0.1) is 11.8 Å². The Balaban J connectivity index is 1.91. The smallest absolute Gasteiger partial charge is 0.408 e. The first-order valence-electron chi connectivity index (χ1n) is 6.78. The first kappa shape index (κ1) is 15.4. The number of carbonyl (C=O) groups excluding carboxylic acids is 2. The molecule has 0 aliphatic heterocycles. The highest BCUT2D eigenvalue weighted by Crippen LogP contribution is 2.17. The van der Waals surface area contributed by atoms with E-state index in [1.165, 1.54) is 7.05 Å². The van der Waals surface area contributed by atoms with Gasteiger partial charge in [0.1, 0.15) is 0 Å². The fourth-order valence-electron chi connectivity index (χ4n) is 1.86. The molecule has 2 rings (SSSR count). The zero-order valence-electron chi connectivity index (χ0n) is 12.2. The van der Waals surface area contributed by atoms with Gasteiger partial charge < -0.3 is 15.4 Å². The molecule has 2 aromatic carbocycles. The van der Waals surface area contributed by atoms with E-state index in [1.54, 1.807) is 0 Å². The molecule has 0 aromatic heterocycles. The largest absolute Gasteiger partial charge is 0.436 e. The van der Waals surface area contributed by atoms with Gasteiger partial charge in [-0.3, -0.25) is 4.79 Å². The molecule has 0 bridgehead atoms. The van der Waals surface area contributed by atoms with Crippen molar-refractivity contribution in [1.29, 1.82) is 0 Å². The first-order valence-corrected chi connectivity index (χ1v) is 6.78. The van der Waals surface area contributed by atoms with Crippen molar-refractivity contribution in [3.8, 4) is 11.8 Å². The monoisotopic (exact) mass is 296 g/mol. The van der Waals surface area contributed by atoms with Crippen LogP contribution in [0.25, 0.3) is 10.8 Å². The Labute approximate surface area is 128 Å². The molecule has 112 valence electrons. The number of rotatable bonds is 3. The van der Waals surface area contributed by atoms with Crippen LogP contribution in [0.2, 0.25) is 0 Å². The maximum absolute atomic E-state index is 11.3. The van der Waals surface area contributed by atoms with Crippen LogP contribution < -0.4 is 10.6 Å². The third-order valence-electron chi connectivity index (χ3n) is 2.96. The summed E-state index contributed by atoms with van der Waals surface area (Å²) in [6, 6.07) is 13.8. The Kier molecular flexibility index (Phi) is 5.38. The van der Waals surface area contributed by atoms with Crippen molar-refractivity contribution in [2.24, 2.45) is 0 Å².